The Hall–Kier alpha value is -3.35. The molecule has 1 unspecified atom stereocenters. The van der Waals surface area contributed by atoms with E-state index in [-0.39, 0.29) is 5.75 Å². The summed E-state index contributed by atoms with van der Waals surface area (Å²) in [5.74, 6) is -0.0281. The first kappa shape index (κ1) is 15.5. The van der Waals surface area contributed by atoms with Gasteiger partial charge in [0.15, 0.2) is 0 Å². The van der Waals surface area contributed by atoms with Gasteiger partial charge in [0.25, 0.3) is 0 Å². The molecule has 122 valence electrons. The van der Waals surface area contributed by atoms with Crippen molar-refractivity contribution in [3.63, 3.8) is 0 Å². The van der Waals surface area contributed by atoms with Crippen LogP contribution < -0.4 is 10.6 Å². The Labute approximate surface area is 138 Å². The van der Waals surface area contributed by atoms with Crippen LogP contribution in [-0.4, -0.2) is 32.2 Å². The SMILES string of the molecule is CC(Nc1nc(Nc2ccc(O)cc2)nc2ccccc12)C(=O)O. The van der Waals surface area contributed by atoms with E-state index in [9.17, 15) is 9.90 Å². The Morgan fingerprint density at radius 3 is 2.50 bits per heavy atom. The van der Waals surface area contributed by atoms with Gasteiger partial charge in [0.1, 0.15) is 17.6 Å². The number of para-hydroxylation sites is 1. The van der Waals surface area contributed by atoms with Crippen LogP contribution >= 0.6 is 0 Å². The van der Waals surface area contributed by atoms with Crippen LogP contribution in [0.25, 0.3) is 10.9 Å². The van der Waals surface area contributed by atoms with E-state index in [4.69, 9.17) is 5.11 Å². The Balaban J connectivity index is 1.99. The third kappa shape index (κ3) is 3.35. The number of carboxylic acids is 1. The van der Waals surface area contributed by atoms with Crippen molar-refractivity contribution in [2.45, 2.75) is 13.0 Å². The van der Waals surface area contributed by atoms with Crippen LogP contribution in [0.1, 0.15) is 6.92 Å². The summed E-state index contributed by atoms with van der Waals surface area (Å²) in [5.41, 5.74) is 1.40. The number of hydrogen-bond acceptors (Lipinski definition) is 6. The quantitative estimate of drug-likeness (QED) is 0.534. The smallest absolute Gasteiger partial charge is 0.325 e. The molecule has 0 aliphatic heterocycles. The maximum absolute atomic E-state index is 11.1. The lowest BCUT2D eigenvalue weighted by molar-refractivity contribution is -0.137. The van der Waals surface area contributed by atoms with Crippen molar-refractivity contribution in [3.8, 4) is 5.75 Å². The fraction of sp³-hybridized carbons (Fsp3) is 0.118. The predicted octanol–water partition coefficient (Wildman–Crippen LogP) is 2.96. The number of rotatable bonds is 5. The molecule has 3 rings (SSSR count). The number of aliphatic carboxylic acids is 1. The second-order valence-electron chi connectivity index (χ2n) is 5.29. The van der Waals surface area contributed by atoms with Crippen LogP contribution in [0.3, 0.4) is 0 Å². The highest BCUT2D eigenvalue weighted by Crippen LogP contribution is 2.24. The number of nitrogens with one attached hydrogen (secondary N) is 2. The van der Waals surface area contributed by atoms with E-state index >= 15 is 0 Å². The summed E-state index contributed by atoms with van der Waals surface area (Å²) in [5, 5.41) is 25.1. The van der Waals surface area contributed by atoms with Crippen LogP contribution in [0.4, 0.5) is 17.5 Å². The van der Waals surface area contributed by atoms with Crippen LogP contribution in [0.15, 0.2) is 48.5 Å². The van der Waals surface area contributed by atoms with E-state index in [0.29, 0.717) is 23.0 Å². The van der Waals surface area contributed by atoms with Crippen LogP contribution in [-0.2, 0) is 4.79 Å². The molecule has 0 amide bonds. The molecule has 0 aliphatic rings. The average molecular weight is 324 g/mol. The Kier molecular flexibility index (Phi) is 4.15. The van der Waals surface area contributed by atoms with Gasteiger partial charge >= 0.3 is 5.97 Å². The lowest BCUT2D eigenvalue weighted by Crippen LogP contribution is -2.26. The Morgan fingerprint density at radius 1 is 1.08 bits per heavy atom. The first-order valence-corrected chi connectivity index (χ1v) is 7.35. The molecule has 0 saturated carbocycles. The molecular weight excluding hydrogens is 308 g/mol. The number of carboxylic acid groups (broad SMARTS) is 1. The Bertz CT molecular complexity index is 881. The molecule has 2 aromatic carbocycles. The molecule has 7 heteroatoms. The molecule has 1 heterocycles. The largest absolute Gasteiger partial charge is 0.508 e. The minimum absolute atomic E-state index is 0.164. The molecule has 7 nitrogen and oxygen atoms in total. The van der Waals surface area contributed by atoms with Crippen LogP contribution in [0, 0.1) is 0 Å². The van der Waals surface area contributed by atoms with E-state index in [1.54, 1.807) is 31.2 Å². The lowest BCUT2D eigenvalue weighted by Gasteiger charge is -2.14. The number of carbonyl (C=O) groups is 1. The highest BCUT2D eigenvalue weighted by Gasteiger charge is 2.14. The molecule has 0 bridgehead atoms. The number of aromatic hydroxyl groups is 1. The molecule has 0 aliphatic carbocycles. The number of phenols is 1. The lowest BCUT2D eigenvalue weighted by atomic mass is 10.2. The van der Waals surface area contributed by atoms with Gasteiger partial charge in [0.2, 0.25) is 5.95 Å². The molecule has 1 atom stereocenters. The number of fused-ring (bicyclic) bond motifs is 1. The number of aromatic nitrogens is 2. The molecule has 0 saturated heterocycles. The molecule has 0 fully saturated rings. The van der Waals surface area contributed by atoms with Crippen molar-refractivity contribution in [2.75, 3.05) is 10.6 Å². The van der Waals surface area contributed by atoms with Crippen molar-refractivity contribution in [1.29, 1.82) is 0 Å². The van der Waals surface area contributed by atoms with Crippen molar-refractivity contribution in [1.82, 2.24) is 9.97 Å². The summed E-state index contributed by atoms with van der Waals surface area (Å²) in [6.45, 7) is 1.55. The van der Waals surface area contributed by atoms with Gasteiger partial charge in [-0.3, -0.25) is 4.79 Å². The van der Waals surface area contributed by atoms with Crippen molar-refractivity contribution in [3.05, 3.63) is 48.5 Å². The summed E-state index contributed by atoms with van der Waals surface area (Å²) in [4.78, 5) is 19.9. The zero-order valence-electron chi connectivity index (χ0n) is 12.9. The molecule has 3 aromatic rings. The van der Waals surface area contributed by atoms with E-state index in [1.165, 1.54) is 0 Å². The van der Waals surface area contributed by atoms with Crippen molar-refractivity contribution in [2.24, 2.45) is 0 Å². The van der Waals surface area contributed by atoms with Gasteiger partial charge in [0, 0.05) is 11.1 Å². The fourth-order valence-electron chi connectivity index (χ4n) is 2.18. The van der Waals surface area contributed by atoms with E-state index in [2.05, 4.69) is 20.6 Å². The number of phenolic OH excluding ortho intramolecular Hbond substituents is 1. The van der Waals surface area contributed by atoms with Crippen molar-refractivity contribution >= 4 is 34.3 Å². The summed E-state index contributed by atoms with van der Waals surface area (Å²) >= 11 is 0. The monoisotopic (exact) mass is 324 g/mol. The summed E-state index contributed by atoms with van der Waals surface area (Å²) in [7, 11) is 0. The topological polar surface area (TPSA) is 107 Å². The summed E-state index contributed by atoms with van der Waals surface area (Å²) < 4.78 is 0. The fourth-order valence-corrected chi connectivity index (χ4v) is 2.18. The number of anilines is 3. The zero-order valence-corrected chi connectivity index (χ0v) is 12.9. The van der Waals surface area contributed by atoms with Crippen LogP contribution in [0.2, 0.25) is 0 Å². The maximum atomic E-state index is 11.1. The molecule has 1 aromatic heterocycles. The minimum Gasteiger partial charge on any atom is -0.508 e. The second kappa shape index (κ2) is 6.41. The molecule has 0 radical (unpaired) electrons. The van der Waals surface area contributed by atoms with Gasteiger partial charge in [-0.05, 0) is 43.3 Å². The number of hydrogen-bond donors (Lipinski definition) is 4. The first-order valence-electron chi connectivity index (χ1n) is 7.35. The van der Waals surface area contributed by atoms with E-state index < -0.39 is 12.0 Å². The summed E-state index contributed by atoms with van der Waals surface area (Å²) in [6, 6.07) is 13.1. The summed E-state index contributed by atoms with van der Waals surface area (Å²) in [6.07, 6.45) is 0. The number of nitrogens with zero attached hydrogens (tertiary/aromatic N) is 2. The first-order chi connectivity index (χ1) is 11.5. The van der Waals surface area contributed by atoms with Crippen molar-refractivity contribution < 1.29 is 15.0 Å². The Morgan fingerprint density at radius 2 is 1.79 bits per heavy atom. The number of benzene rings is 2. The third-order valence-electron chi connectivity index (χ3n) is 3.45. The standard InChI is InChI=1S/C17H16N4O3/c1-10(16(23)24)18-15-13-4-2-3-5-14(13)20-17(21-15)19-11-6-8-12(22)9-7-11/h2-10,22H,1H3,(H,23,24)(H2,18,19,20,21). The van der Waals surface area contributed by atoms with Crippen LogP contribution in [0.5, 0.6) is 5.75 Å². The molecule has 0 spiro atoms. The highest BCUT2D eigenvalue weighted by molar-refractivity contribution is 5.91. The highest BCUT2D eigenvalue weighted by atomic mass is 16.4. The zero-order chi connectivity index (χ0) is 17.1. The van der Waals surface area contributed by atoms with Gasteiger partial charge in [-0.15, -0.1) is 0 Å². The third-order valence-corrected chi connectivity index (χ3v) is 3.45. The molecule has 4 N–H and O–H groups in total. The van der Waals surface area contributed by atoms with Gasteiger partial charge in [-0.2, -0.15) is 4.98 Å². The van der Waals surface area contributed by atoms with E-state index in [1.807, 2.05) is 24.3 Å². The maximum Gasteiger partial charge on any atom is 0.325 e. The van der Waals surface area contributed by atoms with Gasteiger partial charge in [-0.25, -0.2) is 4.98 Å². The molecular formula is C17H16N4O3. The van der Waals surface area contributed by atoms with Gasteiger partial charge in [-0.1, -0.05) is 12.1 Å². The van der Waals surface area contributed by atoms with E-state index in [0.717, 1.165) is 5.39 Å². The predicted molar refractivity (Wildman–Crippen MR) is 91.6 cm³/mol. The normalized spacial score (nSPS) is 11.9. The second-order valence-corrected chi connectivity index (χ2v) is 5.29. The minimum atomic E-state index is -0.967. The average Bonchev–Trinajstić information content (AvgIpc) is 2.57. The molecule has 24 heavy (non-hydrogen) atoms. The van der Waals surface area contributed by atoms with Gasteiger partial charge in [0.05, 0.1) is 5.52 Å². The van der Waals surface area contributed by atoms with Gasteiger partial charge < -0.3 is 20.8 Å².